The molecule has 0 saturated carbocycles. The lowest BCUT2D eigenvalue weighted by Gasteiger charge is -2.29. The van der Waals surface area contributed by atoms with E-state index in [2.05, 4.69) is 107 Å². The molecule has 0 fully saturated rings. The van der Waals surface area contributed by atoms with E-state index in [-0.39, 0.29) is 17.9 Å². The quantitative estimate of drug-likeness (QED) is 0.635. The molecule has 1 atom stereocenters. The first-order valence-corrected chi connectivity index (χ1v) is 8.33. The fraction of sp³-hybridized carbons (Fsp3) is 0.364. The lowest BCUT2D eigenvalue weighted by atomic mass is 9.86. The van der Waals surface area contributed by atoms with Crippen molar-refractivity contribution in [1.29, 1.82) is 0 Å². The molecule has 1 unspecified atom stereocenters. The van der Waals surface area contributed by atoms with Crippen molar-refractivity contribution in [3.8, 4) is 0 Å². The van der Waals surface area contributed by atoms with Gasteiger partial charge in [0, 0.05) is 17.5 Å². The highest BCUT2D eigenvalue weighted by Gasteiger charge is 2.20. The minimum atomic E-state index is 0. The largest absolute Gasteiger partial charge is 0.310 e. The predicted octanol–water partition coefficient (Wildman–Crippen LogP) is 6.21. The number of halogens is 1. The van der Waals surface area contributed by atoms with E-state index in [1.165, 1.54) is 11.1 Å². The molecular formula is C22H32ClN. The van der Waals surface area contributed by atoms with Gasteiger partial charge in [-0.3, -0.25) is 0 Å². The Balaban J connectivity index is 0.00000170. The second-order valence-corrected chi connectivity index (χ2v) is 6.91. The van der Waals surface area contributed by atoms with Crippen LogP contribution in [-0.4, -0.2) is 11.6 Å². The Bertz CT molecular complexity index is 506. The van der Waals surface area contributed by atoms with Crippen LogP contribution in [0.1, 0.15) is 51.2 Å². The molecule has 2 heteroatoms. The van der Waals surface area contributed by atoms with Gasteiger partial charge < -0.3 is 5.32 Å². The van der Waals surface area contributed by atoms with Crippen LogP contribution in [0, 0.1) is 0 Å². The van der Waals surface area contributed by atoms with Crippen LogP contribution >= 0.6 is 12.4 Å². The molecule has 0 spiro atoms. The monoisotopic (exact) mass is 345 g/mol. The van der Waals surface area contributed by atoms with E-state index in [4.69, 9.17) is 0 Å². The molecule has 0 aromatic heterocycles. The lowest BCUT2D eigenvalue weighted by Crippen LogP contribution is -2.42. The molecular weight excluding hydrogens is 314 g/mol. The van der Waals surface area contributed by atoms with Crippen LogP contribution < -0.4 is 5.32 Å². The first kappa shape index (κ1) is 22.4. The molecule has 2 aromatic carbocycles. The van der Waals surface area contributed by atoms with E-state index < -0.39 is 0 Å². The number of benzene rings is 2. The summed E-state index contributed by atoms with van der Waals surface area (Å²) in [6, 6.07) is 22.1. The summed E-state index contributed by atoms with van der Waals surface area (Å²) in [5.41, 5.74) is 2.94. The molecule has 2 rings (SSSR count). The zero-order valence-electron chi connectivity index (χ0n) is 15.5. The Morgan fingerprint density at radius 1 is 0.833 bits per heavy atom. The highest BCUT2D eigenvalue weighted by atomic mass is 35.5. The smallest absolute Gasteiger partial charge is 0.0104 e. The van der Waals surface area contributed by atoms with Crippen LogP contribution in [0.5, 0.6) is 0 Å². The predicted molar refractivity (Wildman–Crippen MR) is 110 cm³/mol. The van der Waals surface area contributed by atoms with Crippen molar-refractivity contribution in [1.82, 2.24) is 5.32 Å². The van der Waals surface area contributed by atoms with Crippen molar-refractivity contribution < 1.29 is 0 Å². The summed E-state index contributed by atoms with van der Waals surface area (Å²) in [6.45, 7) is 15.0. The maximum atomic E-state index is 3.69. The first-order chi connectivity index (χ1) is 11.0. The molecule has 1 nitrogen and oxygen atoms in total. The highest BCUT2D eigenvalue weighted by molar-refractivity contribution is 5.85. The molecule has 2 aromatic rings. The number of hydrogen-bond donors (Lipinski definition) is 1. The van der Waals surface area contributed by atoms with Crippen LogP contribution in [0.4, 0.5) is 0 Å². The van der Waals surface area contributed by atoms with Crippen molar-refractivity contribution in [3.63, 3.8) is 0 Å². The van der Waals surface area contributed by atoms with Gasteiger partial charge in [-0.2, -0.15) is 0 Å². The van der Waals surface area contributed by atoms with Gasteiger partial charge in [-0.15, -0.1) is 25.6 Å². The van der Waals surface area contributed by atoms with Gasteiger partial charge in [-0.1, -0.05) is 60.7 Å². The summed E-state index contributed by atoms with van der Waals surface area (Å²) in [4.78, 5) is 0. The average molecular weight is 346 g/mol. The summed E-state index contributed by atoms with van der Waals surface area (Å²) >= 11 is 0. The SMILES string of the molecule is C=C.CC(CC(c1ccccc1)c1ccccc1)NC(C)(C)C.Cl. The molecule has 0 saturated heterocycles. The molecule has 0 heterocycles. The van der Waals surface area contributed by atoms with Gasteiger partial charge in [0.05, 0.1) is 0 Å². The van der Waals surface area contributed by atoms with Crippen LogP contribution in [0.2, 0.25) is 0 Å². The summed E-state index contributed by atoms with van der Waals surface area (Å²) in [7, 11) is 0. The molecule has 0 amide bonds. The van der Waals surface area contributed by atoms with E-state index in [0.717, 1.165) is 6.42 Å². The Kier molecular flexibility index (Phi) is 10.3. The topological polar surface area (TPSA) is 12.0 Å². The minimum absolute atomic E-state index is 0. The fourth-order valence-corrected chi connectivity index (χ4v) is 2.99. The van der Waals surface area contributed by atoms with Crippen LogP contribution in [0.3, 0.4) is 0 Å². The van der Waals surface area contributed by atoms with E-state index >= 15 is 0 Å². The Hall–Kier alpha value is -1.57. The van der Waals surface area contributed by atoms with Gasteiger partial charge in [0.2, 0.25) is 0 Å². The van der Waals surface area contributed by atoms with Crippen molar-refractivity contribution in [3.05, 3.63) is 84.9 Å². The Morgan fingerprint density at radius 2 is 1.21 bits per heavy atom. The second-order valence-electron chi connectivity index (χ2n) is 6.91. The third-order valence-corrected chi connectivity index (χ3v) is 3.67. The minimum Gasteiger partial charge on any atom is -0.310 e. The summed E-state index contributed by atoms with van der Waals surface area (Å²) in [5, 5.41) is 3.69. The van der Waals surface area contributed by atoms with Gasteiger partial charge in [0.15, 0.2) is 0 Å². The molecule has 24 heavy (non-hydrogen) atoms. The first-order valence-electron chi connectivity index (χ1n) is 8.33. The maximum absolute atomic E-state index is 3.69. The fourth-order valence-electron chi connectivity index (χ4n) is 2.99. The molecule has 132 valence electrons. The molecule has 0 aliphatic rings. The van der Waals surface area contributed by atoms with Crippen molar-refractivity contribution in [2.24, 2.45) is 0 Å². The van der Waals surface area contributed by atoms with Crippen molar-refractivity contribution in [2.75, 3.05) is 0 Å². The molecule has 0 aliphatic carbocycles. The average Bonchev–Trinajstić information content (AvgIpc) is 2.54. The van der Waals surface area contributed by atoms with E-state index in [9.17, 15) is 0 Å². The third kappa shape index (κ3) is 7.81. The third-order valence-electron chi connectivity index (χ3n) is 3.67. The molecule has 0 aliphatic heterocycles. The van der Waals surface area contributed by atoms with Gasteiger partial charge in [0.1, 0.15) is 0 Å². The van der Waals surface area contributed by atoms with Gasteiger partial charge >= 0.3 is 0 Å². The zero-order chi connectivity index (χ0) is 17.3. The Labute approximate surface area is 154 Å². The van der Waals surface area contributed by atoms with E-state index in [1.807, 2.05) is 0 Å². The maximum Gasteiger partial charge on any atom is 0.0104 e. The lowest BCUT2D eigenvalue weighted by molar-refractivity contribution is 0.353. The zero-order valence-corrected chi connectivity index (χ0v) is 16.3. The molecule has 1 N–H and O–H groups in total. The second kappa shape index (κ2) is 11.1. The normalized spacial score (nSPS) is 11.9. The standard InChI is InChI=1S/C20H27N.C2H4.ClH/c1-16(21-20(2,3)4)15-19(17-11-7-5-8-12-17)18-13-9-6-10-14-18;1-2;/h5-14,16,19,21H,15H2,1-4H3;1-2H2;1H. The van der Waals surface area contributed by atoms with Crippen LogP contribution in [0.15, 0.2) is 73.8 Å². The Morgan fingerprint density at radius 3 is 1.54 bits per heavy atom. The highest BCUT2D eigenvalue weighted by Crippen LogP contribution is 2.29. The summed E-state index contributed by atoms with van der Waals surface area (Å²) < 4.78 is 0. The summed E-state index contributed by atoms with van der Waals surface area (Å²) in [5.74, 6) is 0.442. The molecule has 0 radical (unpaired) electrons. The van der Waals surface area contributed by atoms with E-state index in [1.54, 1.807) is 0 Å². The van der Waals surface area contributed by atoms with E-state index in [0.29, 0.717) is 12.0 Å². The van der Waals surface area contributed by atoms with Crippen LogP contribution in [-0.2, 0) is 0 Å². The summed E-state index contributed by atoms with van der Waals surface area (Å²) in [6.07, 6.45) is 1.10. The van der Waals surface area contributed by atoms with Crippen molar-refractivity contribution in [2.45, 2.75) is 51.6 Å². The van der Waals surface area contributed by atoms with Gasteiger partial charge in [-0.05, 0) is 45.2 Å². The number of nitrogens with one attached hydrogen (secondary N) is 1. The van der Waals surface area contributed by atoms with Crippen LogP contribution in [0.25, 0.3) is 0 Å². The van der Waals surface area contributed by atoms with Gasteiger partial charge in [0.25, 0.3) is 0 Å². The van der Waals surface area contributed by atoms with Gasteiger partial charge in [-0.25, -0.2) is 0 Å². The number of rotatable bonds is 5. The van der Waals surface area contributed by atoms with Crippen molar-refractivity contribution >= 4 is 12.4 Å². The molecule has 0 bridgehead atoms. The number of hydrogen-bond acceptors (Lipinski definition) is 1.